The van der Waals surface area contributed by atoms with E-state index in [1.54, 1.807) is 0 Å². The summed E-state index contributed by atoms with van der Waals surface area (Å²) >= 11 is 0. The Morgan fingerprint density at radius 1 is 1.10 bits per heavy atom. The highest BCUT2D eigenvalue weighted by atomic mass is 15.2. The summed E-state index contributed by atoms with van der Waals surface area (Å²) in [6, 6.07) is 12.7. The average molecular weight is 269 g/mol. The topological polar surface area (TPSA) is 28.2 Å². The van der Waals surface area contributed by atoms with E-state index in [4.69, 9.17) is 4.98 Å². The van der Waals surface area contributed by atoms with Gasteiger partial charge in [0.05, 0.1) is 5.52 Å². The van der Waals surface area contributed by atoms with Crippen molar-refractivity contribution in [2.75, 3.05) is 32.7 Å². The number of para-hydroxylation sites is 1. The first kappa shape index (κ1) is 13.5. The van der Waals surface area contributed by atoms with Gasteiger partial charge in [-0.2, -0.15) is 0 Å². The number of fused-ring (bicyclic) bond motifs is 1. The van der Waals surface area contributed by atoms with Gasteiger partial charge in [0.15, 0.2) is 0 Å². The van der Waals surface area contributed by atoms with Gasteiger partial charge in [-0.05, 0) is 12.1 Å². The Bertz CT molecular complexity index is 586. The Morgan fingerprint density at radius 2 is 1.85 bits per heavy atom. The fourth-order valence-electron chi connectivity index (χ4n) is 2.95. The predicted molar refractivity (Wildman–Crippen MR) is 84.1 cm³/mol. The van der Waals surface area contributed by atoms with E-state index >= 15 is 0 Å². The maximum absolute atomic E-state index is 4.87. The number of hydrogen-bond acceptors (Lipinski definition) is 3. The largest absolute Gasteiger partial charge is 0.314 e. The first-order chi connectivity index (χ1) is 9.65. The van der Waals surface area contributed by atoms with Crippen molar-refractivity contribution >= 4 is 10.9 Å². The lowest BCUT2D eigenvalue weighted by Gasteiger charge is -2.35. The van der Waals surface area contributed by atoms with Gasteiger partial charge in [0.2, 0.25) is 0 Å². The normalized spacial score (nSPS) is 17.5. The van der Waals surface area contributed by atoms with Crippen LogP contribution in [0.4, 0.5) is 0 Å². The highest BCUT2D eigenvalue weighted by Gasteiger charge is 2.26. The Kier molecular flexibility index (Phi) is 3.72. The van der Waals surface area contributed by atoms with E-state index in [1.807, 2.05) is 0 Å². The third kappa shape index (κ3) is 2.84. The average Bonchev–Trinajstić information content (AvgIpc) is 2.47. The molecular formula is C17H23N3. The van der Waals surface area contributed by atoms with Crippen LogP contribution in [0, 0.1) is 0 Å². The molecule has 1 N–H and O–H groups in total. The molecule has 3 heteroatoms. The zero-order valence-corrected chi connectivity index (χ0v) is 12.4. The van der Waals surface area contributed by atoms with E-state index in [-0.39, 0.29) is 5.41 Å². The molecule has 2 aromatic rings. The van der Waals surface area contributed by atoms with Crippen molar-refractivity contribution in [2.45, 2.75) is 19.3 Å². The van der Waals surface area contributed by atoms with Crippen LogP contribution in [0.1, 0.15) is 19.5 Å². The van der Waals surface area contributed by atoms with E-state index < -0.39 is 0 Å². The lowest BCUT2D eigenvalue weighted by atomic mass is 9.87. The molecule has 0 unspecified atom stereocenters. The summed E-state index contributed by atoms with van der Waals surface area (Å²) in [6.07, 6.45) is 0. The number of piperazine rings is 1. The van der Waals surface area contributed by atoms with Crippen molar-refractivity contribution < 1.29 is 0 Å². The molecule has 0 bridgehead atoms. The molecule has 20 heavy (non-hydrogen) atoms. The van der Waals surface area contributed by atoms with Gasteiger partial charge in [-0.1, -0.05) is 38.1 Å². The molecule has 3 nitrogen and oxygen atoms in total. The number of pyridine rings is 1. The summed E-state index contributed by atoms with van der Waals surface area (Å²) in [4.78, 5) is 7.41. The standard InChI is InChI=1S/C17H23N3/c1-17(2,13-20-11-9-18-10-12-20)16-8-7-14-5-3-4-6-15(14)19-16/h3-8,18H,9-13H2,1-2H3. The maximum Gasteiger partial charge on any atom is 0.0705 e. The van der Waals surface area contributed by atoms with Crippen molar-refractivity contribution in [1.82, 2.24) is 15.2 Å². The van der Waals surface area contributed by atoms with E-state index in [2.05, 4.69) is 60.5 Å². The van der Waals surface area contributed by atoms with Gasteiger partial charge in [-0.3, -0.25) is 9.88 Å². The first-order valence-electron chi connectivity index (χ1n) is 7.44. The molecule has 1 aliphatic heterocycles. The van der Waals surface area contributed by atoms with Crippen molar-refractivity contribution in [3.63, 3.8) is 0 Å². The number of hydrogen-bond donors (Lipinski definition) is 1. The molecule has 1 fully saturated rings. The Labute approximate surface area is 121 Å². The molecule has 0 aliphatic carbocycles. The van der Waals surface area contributed by atoms with Gasteiger partial charge in [0.25, 0.3) is 0 Å². The van der Waals surface area contributed by atoms with Crippen molar-refractivity contribution in [3.05, 3.63) is 42.1 Å². The van der Waals surface area contributed by atoms with Crippen molar-refractivity contribution in [3.8, 4) is 0 Å². The summed E-state index contributed by atoms with van der Waals surface area (Å²) < 4.78 is 0. The molecule has 0 spiro atoms. The molecule has 2 heterocycles. The molecule has 1 aromatic carbocycles. The van der Waals surface area contributed by atoms with Crippen LogP contribution in [0.25, 0.3) is 10.9 Å². The number of nitrogens with zero attached hydrogens (tertiary/aromatic N) is 2. The molecule has 1 aliphatic rings. The third-order valence-electron chi connectivity index (χ3n) is 4.12. The monoisotopic (exact) mass is 269 g/mol. The Hall–Kier alpha value is -1.45. The molecule has 0 atom stereocenters. The molecule has 1 aromatic heterocycles. The van der Waals surface area contributed by atoms with Crippen LogP contribution >= 0.6 is 0 Å². The van der Waals surface area contributed by atoms with Gasteiger partial charge < -0.3 is 5.32 Å². The number of nitrogens with one attached hydrogen (secondary N) is 1. The van der Waals surface area contributed by atoms with Gasteiger partial charge in [0, 0.05) is 49.2 Å². The van der Waals surface area contributed by atoms with Gasteiger partial charge in [0.1, 0.15) is 0 Å². The quantitative estimate of drug-likeness (QED) is 0.927. The summed E-state index contributed by atoms with van der Waals surface area (Å²) in [7, 11) is 0. The van der Waals surface area contributed by atoms with E-state index in [1.165, 1.54) is 11.1 Å². The molecule has 0 amide bonds. The highest BCUT2D eigenvalue weighted by molar-refractivity contribution is 5.78. The SMILES string of the molecule is CC(C)(CN1CCNCC1)c1ccc2ccccc2n1. The molecule has 3 rings (SSSR count). The summed E-state index contributed by atoms with van der Waals surface area (Å²) in [5, 5.41) is 4.62. The Morgan fingerprint density at radius 3 is 2.65 bits per heavy atom. The van der Waals surface area contributed by atoms with Crippen LogP contribution in [0.15, 0.2) is 36.4 Å². The van der Waals surface area contributed by atoms with Crippen LogP contribution in [0.5, 0.6) is 0 Å². The fourth-order valence-corrected chi connectivity index (χ4v) is 2.95. The molecule has 1 saturated heterocycles. The second-order valence-electron chi connectivity index (χ2n) is 6.30. The van der Waals surface area contributed by atoms with E-state index in [0.29, 0.717) is 0 Å². The highest BCUT2D eigenvalue weighted by Crippen LogP contribution is 2.25. The minimum Gasteiger partial charge on any atom is -0.314 e. The predicted octanol–water partition coefficient (Wildman–Crippen LogP) is 2.42. The van der Waals surface area contributed by atoms with Crippen LogP contribution in [0.2, 0.25) is 0 Å². The minimum absolute atomic E-state index is 0.0847. The van der Waals surface area contributed by atoms with Crippen molar-refractivity contribution in [1.29, 1.82) is 0 Å². The van der Waals surface area contributed by atoms with E-state index in [0.717, 1.165) is 38.2 Å². The molecule has 0 saturated carbocycles. The van der Waals surface area contributed by atoms with Crippen LogP contribution < -0.4 is 5.32 Å². The number of rotatable bonds is 3. The molecular weight excluding hydrogens is 246 g/mol. The van der Waals surface area contributed by atoms with Gasteiger partial charge in [-0.25, -0.2) is 0 Å². The summed E-state index contributed by atoms with van der Waals surface area (Å²) in [5.41, 5.74) is 2.37. The van der Waals surface area contributed by atoms with Crippen LogP contribution in [-0.2, 0) is 5.41 Å². The lowest BCUT2D eigenvalue weighted by molar-refractivity contribution is 0.198. The van der Waals surface area contributed by atoms with Crippen molar-refractivity contribution in [2.24, 2.45) is 0 Å². The van der Waals surface area contributed by atoms with Crippen LogP contribution in [0.3, 0.4) is 0 Å². The van der Waals surface area contributed by atoms with Gasteiger partial charge >= 0.3 is 0 Å². The van der Waals surface area contributed by atoms with E-state index in [9.17, 15) is 0 Å². The second kappa shape index (κ2) is 5.51. The smallest absolute Gasteiger partial charge is 0.0705 e. The number of benzene rings is 1. The summed E-state index contributed by atoms with van der Waals surface area (Å²) in [6.45, 7) is 10.1. The molecule has 106 valence electrons. The molecule has 0 radical (unpaired) electrons. The lowest BCUT2D eigenvalue weighted by Crippen LogP contribution is -2.48. The number of aromatic nitrogens is 1. The zero-order chi connectivity index (χ0) is 14.0. The van der Waals surface area contributed by atoms with Crippen LogP contribution in [-0.4, -0.2) is 42.6 Å². The third-order valence-corrected chi connectivity index (χ3v) is 4.12. The maximum atomic E-state index is 4.87. The first-order valence-corrected chi connectivity index (χ1v) is 7.44. The minimum atomic E-state index is 0.0847. The zero-order valence-electron chi connectivity index (χ0n) is 12.4. The fraction of sp³-hybridized carbons (Fsp3) is 0.471. The summed E-state index contributed by atoms with van der Waals surface area (Å²) in [5.74, 6) is 0. The van der Waals surface area contributed by atoms with Gasteiger partial charge in [-0.15, -0.1) is 0 Å². The second-order valence-corrected chi connectivity index (χ2v) is 6.30. The Balaban J connectivity index is 1.83.